The first-order chi connectivity index (χ1) is 11.1. The van der Waals surface area contributed by atoms with E-state index >= 15 is 0 Å². The van der Waals surface area contributed by atoms with Crippen LogP contribution in [-0.4, -0.2) is 104 Å². The number of aliphatic hydroxyl groups is 1. The van der Waals surface area contributed by atoms with Gasteiger partial charge in [0.2, 0.25) is 0 Å². The third kappa shape index (κ3) is 5.22. The predicted octanol–water partition coefficient (Wildman–Crippen LogP) is -0.157. The maximum atomic E-state index is 12.3. The first-order valence-electron chi connectivity index (χ1n) is 8.14. The Kier molecular flexibility index (Phi) is 7.42. The highest BCUT2D eigenvalue weighted by molar-refractivity contribution is 7.99. The van der Waals surface area contributed by atoms with Gasteiger partial charge in [-0.15, -0.1) is 0 Å². The molecule has 134 valence electrons. The Hall–Kier alpha value is -0.540. The van der Waals surface area contributed by atoms with Gasteiger partial charge in [-0.25, -0.2) is 4.79 Å². The number of morpholine rings is 1. The summed E-state index contributed by atoms with van der Waals surface area (Å²) in [5, 5.41) is 12.8. The second kappa shape index (κ2) is 9.08. The fourth-order valence-electron chi connectivity index (χ4n) is 3.15. The van der Waals surface area contributed by atoms with Crippen LogP contribution < -0.4 is 5.32 Å². The van der Waals surface area contributed by atoms with Crippen molar-refractivity contribution >= 4 is 17.8 Å². The van der Waals surface area contributed by atoms with Gasteiger partial charge in [-0.2, -0.15) is 11.8 Å². The van der Waals surface area contributed by atoms with Gasteiger partial charge in [0.15, 0.2) is 0 Å². The Bertz CT molecular complexity index is 374. The van der Waals surface area contributed by atoms with Gasteiger partial charge < -0.3 is 24.8 Å². The van der Waals surface area contributed by atoms with Gasteiger partial charge in [0.25, 0.3) is 0 Å². The van der Waals surface area contributed by atoms with Crippen LogP contribution in [0.25, 0.3) is 0 Å². The van der Waals surface area contributed by atoms with Crippen molar-refractivity contribution in [1.29, 1.82) is 0 Å². The summed E-state index contributed by atoms with van der Waals surface area (Å²) >= 11 is 1.95. The summed E-state index contributed by atoms with van der Waals surface area (Å²) in [4.78, 5) is 16.3. The summed E-state index contributed by atoms with van der Waals surface area (Å²) in [6.07, 6.45) is 0.430. The SMILES string of the molecule is COC[C@@H](O)CN(C)C(=O)NC[C@@]1(N2CCOCC2)CCSC1. The van der Waals surface area contributed by atoms with Gasteiger partial charge in [0.05, 0.1) is 32.5 Å². The fourth-order valence-corrected chi connectivity index (χ4v) is 4.63. The average Bonchev–Trinajstić information content (AvgIpc) is 3.03. The molecule has 23 heavy (non-hydrogen) atoms. The zero-order valence-corrected chi connectivity index (χ0v) is 14.9. The zero-order valence-electron chi connectivity index (χ0n) is 14.1. The molecule has 0 aromatic carbocycles. The lowest BCUT2D eigenvalue weighted by atomic mass is 9.95. The second-order valence-corrected chi connectivity index (χ2v) is 7.38. The molecule has 2 heterocycles. The molecule has 2 atom stereocenters. The summed E-state index contributed by atoms with van der Waals surface area (Å²) in [6, 6.07) is -0.148. The largest absolute Gasteiger partial charge is 0.389 e. The summed E-state index contributed by atoms with van der Waals surface area (Å²) in [5.41, 5.74) is 0.0378. The highest BCUT2D eigenvalue weighted by Gasteiger charge is 2.41. The van der Waals surface area contributed by atoms with Crippen molar-refractivity contribution in [2.45, 2.75) is 18.1 Å². The van der Waals surface area contributed by atoms with Crippen molar-refractivity contribution in [3.63, 3.8) is 0 Å². The molecule has 0 saturated carbocycles. The van der Waals surface area contributed by atoms with E-state index in [1.54, 1.807) is 7.05 Å². The molecule has 7 nitrogen and oxygen atoms in total. The standard InChI is InChI=1S/C15H29N3O4S/c1-17(9-13(19)10-21-2)14(20)16-11-15(3-8-23-12-15)18-4-6-22-7-5-18/h13,19H,3-12H2,1-2H3,(H,16,20)/t13-,15-/m0/s1. The van der Waals surface area contributed by atoms with Crippen LogP contribution in [0.3, 0.4) is 0 Å². The number of ether oxygens (including phenoxy) is 2. The van der Waals surface area contributed by atoms with Crippen LogP contribution in [0.2, 0.25) is 0 Å². The average molecular weight is 347 g/mol. The highest BCUT2D eigenvalue weighted by atomic mass is 32.2. The zero-order chi connectivity index (χ0) is 16.7. The van der Waals surface area contributed by atoms with Gasteiger partial charge in [-0.05, 0) is 12.2 Å². The number of hydrogen-bond acceptors (Lipinski definition) is 6. The molecule has 0 aliphatic carbocycles. The lowest BCUT2D eigenvalue weighted by Crippen LogP contribution is -2.60. The van der Waals surface area contributed by atoms with E-state index in [0.29, 0.717) is 6.54 Å². The molecule has 2 aliphatic heterocycles. The van der Waals surface area contributed by atoms with Crippen LogP contribution in [0.4, 0.5) is 4.79 Å². The lowest BCUT2D eigenvalue weighted by Gasteiger charge is -2.43. The monoisotopic (exact) mass is 347 g/mol. The van der Waals surface area contributed by atoms with Gasteiger partial charge in [-0.3, -0.25) is 4.90 Å². The number of carbonyl (C=O) groups excluding carboxylic acids is 1. The van der Waals surface area contributed by atoms with Gasteiger partial charge in [0, 0.05) is 45.1 Å². The first kappa shape index (κ1) is 18.8. The van der Waals surface area contributed by atoms with E-state index in [1.165, 1.54) is 12.0 Å². The van der Waals surface area contributed by atoms with E-state index in [9.17, 15) is 9.90 Å². The number of nitrogens with one attached hydrogen (secondary N) is 1. The van der Waals surface area contributed by atoms with E-state index in [0.717, 1.165) is 44.2 Å². The van der Waals surface area contributed by atoms with Crippen LogP contribution in [-0.2, 0) is 9.47 Å². The molecule has 8 heteroatoms. The van der Waals surface area contributed by atoms with Crippen LogP contribution in [0.5, 0.6) is 0 Å². The van der Waals surface area contributed by atoms with Crippen LogP contribution in [0.1, 0.15) is 6.42 Å². The Balaban J connectivity index is 1.84. The maximum absolute atomic E-state index is 12.3. The maximum Gasteiger partial charge on any atom is 0.317 e. The van der Waals surface area contributed by atoms with Crippen molar-refractivity contribution in [3.05, 3.63) is 0 Å². The van der Waals surface area contributed by atoms with Crippen molar-refractivity contribution < 1.29 is 19.4 Å². The Labute approximate surface area is 142 Å². The molecular weight excluding hydrogens is 318 g/mol. The molecule has 0 aromatic rings. The Morgan fingerprint density at radius 1 is 1.52 bits per heavy atom. The number of likely N-dealkylation sites (N-methyl/N-ethyl adjacent to an activating group) is 1. The minimum atomic E-state index is -0.661. The molecule has 0 radical (unpaired) electrons. The smallest absolute Gasteiger partial charge is 0.317 e. The molecule has 2 rings (SSSR count). The molecule has 2 saturated heterocycles. The second-order valence-electron chi connectivity index (χ2n) is 6.27. The number of nitrogens with zero attached hydrogens (tertiary/aromatic N) is 2. The summed E-state index contributed by atoms with van der Waals surface area (Å²) < 4.78 is 10.3. The number of methoxy groups -OCH3 is 1. The van der Waals surface area contributed by atoms with Crippen LogP contribution in [0.15, 0.2) is 0 Å². The normalized spacial score (nSPS) is 26.9. The number of hydrogen-bond donors (Lipinski definition) is 2. The lowest BCUT2D eigenvalue weighted by molar-refractivity contribution is -0.0128. The number of aliphatic hydroxyl groups excluding tert-OH is 1. The third-order valence-electron chi connectivity index (χ3n) is 4.52. The molecule has 2 amide bonds. The molecule has 2 N–H and O–H groups in total. The number of carbonyl (C=O) groups is 1. The van der Waals surface area contributed by atoms with Crippen molar-refractivity contribution in [2.24, 2.45) is 0 Å². The molecular formula is C15H29N3O4S. The van der Waals surface area contributed by atoms with E-state index < -0.39 is 6.10 Å². The minimum Gasteiger partial charge on any atom is -0.389 e. The van der Waals surface area contributed by atoms with Crippen molar-refractivity contribution in [3.8, 4) is 0 Å². The number of urea groups is 1. The number of amides is 2. The molecule has 2 fully saturated rings. The quantitative estimate of drug-likeness (QED) is 0.667. The van der Waals surface area contributed by atoms with Gasteiger partial charge in [-0.1, -0.05) is 0 Å². The summed E-state index contributed by atoms with van der Waals surface area (Å²) in [6.45, 7) is 4.53. The van der Waals surface area contributed by atoms with Crippen molar-refractivity contribution in [1.82, 2.24) is 15.1 Å². The fraction of sp³-hybridized carbons (Fsp3) is 0.933. The Morgan fingerprint density at radius 3 is 2.87 bits per heavy atom. The first-order valence-corrected chi connectivity index (χ1v) is 9.29. The van der Waals surface area contributed by atoms with Crippen LogP contribution >= 0.6 is 11.8 Å². The Morgan fingerprint density at radius 2 is 2.26 bits per heavy atom. The molecule has 0 spiro atoms. The molecule has 0 aromatic heterocycles. The van der Waals surface area contributed by atoms with Gasteiger partial charge >= 0.3 is 6.03 Å². The molecule has 0 bridgehead atoms. The highest BCUT2D eigenvalue weighted by Crippen LogP contribution is 2.33. The number of thioether (sulfide) groups is 1. The van der Waals surface area contributed by atoms with Crippen LogP contribution in [0, 0.1) is 0 Å². The minimum absolute atomic E-state index is 0.0378. The summed E-state index contributed by atoms with van der Waals surface area (Å²) in [5.74, 6) is 2.18. The van der Waals surface area contributed by atoms with Gasteiger partial charge in [0.1, 0.15) is 0 Å². The number of rotatable bonds is 7. The van der Waals surface area contributed by atoms with E-state index in [2.05, 4.69) is 10.2 Å². The molecule has 2 aliphatic rings. The molecule has 0 unspecified atom stereocenters. The third-order valence-corrected chi connectivity index (χ3v) is 5.76. The van der Waals surface area contributed by atoms with Crippen molar-refractivity contribution in [2.75, 3.05) is 71.7 Å². The predicted molar refractivity (Wildman–Crippen MR) is 91.0 cm³/mol. The van der Waals surface area contributed by atoms with E-state index in [-0.39, 0.29) is 24.7 Å². The summed E-state index contributed by atoms with van der Waals surface area (Å²) in [7, 11) is 3.23. The topological polar surface area (TPSA) is 74.3 Å². The van der Waals surface area contributed by atoms with E-state index in [4.69, 9.17) is 9.47 Å². The van der Waals surface area contributed by atoms with E-state index in [1.807, 2.05) is 11.8 Å².